The van der Waals surface area contributed by atoms with E-state index in [2.05, 4.69) is 31.0 Å². The first kappa shape index (κ1) is 26.8. The van der Waals surface area contributed by atoms with E-state index in [4.69, 9.17) is 32.7 Å². The first-order chi connectivity index (χ1) is 17.3. The fourth-order valence-electron chi connectivity index (χ4n) is 4.81. The zero-order valence-corrected chi connectivity index (χ0v) is 23.2. The van der Waals surface area contributed by atoms with Gasteiger partial charge in [-0.2, -0.15) is 0 Å². The van der Waals surface area contributed by atoms with Gasteiger partial charge in [0.15, 0.2) is 11.0 Å². The Hall–Kier alpha value is -2.22. The van der Waals surface area contributed by atoms with Crippen molar-refractivity contribution in [2.45, 2.75) is 51.3 Å². The van der Waals surface area contributed by atoms with Gasteiger partial charge in [0.05, 0.1) is 18.6 Å². The van der Waals surface area contributed by atoms with Crippen LogP contribution in [0, 0.1) is 17.8 Å². The van der Waals surface area contributed by atoms with Gasteiger partial charge < -0.3 is 9.47 Å². The molecule has 0 aliphatic heterocycles. The standard InChI is InChI=1S/C27H31Cl2N3O3S/c1-16(2)21-10-8-17(3)12-24(21)35-25(33)15-36-27-31-30-26(18-6-5-7-19(28)13-18)32(27)22-14-20(29)9-11-23(22)34-4/h5-7,9,11,13-14,16-17,21,24H,8,10,12,15H2,1-4H3/t17-,21-,24+/m1/s1. The number of carbonyl (C=O) groups is 1. The van der Waals surface area contributed by atoms with Gasteiger partial charge in [0.25, 0.3) is 0 Å². The highest BCUT2D eigenvalue weighted by Gasteiger charge is 2.33. The minimum Gasteiger partial charge on any atom is -0.495 e. The van der Waals surface area contributed by atoms with Crippen molar-refractivity contribution < 1.29 is 14.3 Å². The van der Waals surface area contributed by atoms with E-state index in [0.717, 1.165) is 18.4 Å². The maximum Gasteiger partial charge on any atom is 0.316 e. The number of carbonyl (C=O) groups excluding carboxylic acids is 1. The van der Waals surface area contributed by atoms with Crippen molar-refractivity contribution in [2.75, 3.05) is 12.9 Å². The number of rotatable bonds is 8. The summed E-state index contributed by atoms with van der Waals surface area (Å²) < 4.78 is 13.4. The summed E-state index contributed by atoms with van der Waals surface area (Å²) in [6.45, 7) is 6.63. The van der Waals surface area contributed by atoms with E-state index >= 15 is 0 Å². The first-order valence-electron chi connectivity index (χ1n) is 12.1. The van der Waals surface area contributed by atoms with E-state index in [1.54, 1.807) is 31.4 Å². The maximum atomic E-state index is 12.9. The lowest BCUT2D eigenvalue weighted by Crippen LogP contribution is -2.36. The Labute approximate surface area is 226 Å². The van der Waals surface area contributed by atoms with Crippen molar-refractivity contribution in [3.05, 3.63) is 52.5 Å². The molecular formula is C27H31Cl2N3O3S. The predicted molar refractivity (Wildman–Crippen MR) is 145 cm³/mol. The highest BCUT2D eigenvalue weighted by atomic mass is 35.5. The van der Waals surface area contributed by atoms with Gasteiger partial charge in [-0.05, 0) is 60.9 Å². The normalized spacial score (nSPS) is 19.9. The minimum absolute atomic E-state index is 0.0465. The van der Waals surface area contributed by atoms with Crippen LogP contribution < -0.4 is 4.74 Å². The predicted octanol–water partition coefficient (Wildman–Crippen LogP) is 7.35. The number of methoxy groups -OCH3 is 1. The molecule has 0 N–H and O–H groups in total. The van der Waals surface area contributed by atoms with Gasteiger partial charge in [-0.15, -0.1) is 10.2 Å². The number of benzene rings is 2. The molecule has 6 nitrogen and oxygen atoms in total. The third-order valence-electron chi connectivity index (χ3n) is 6.66. The summed E-state index contributed by atoms with van der Waals surface area (Å²) >= 11 is 13.9. The van der Waals surface area contributed by atoms with E-state index in [1.807, 2.05) is 22.8 Å². The van der Waals surface area contributed by atoms with Gasteiger partial charge >= 0.3 is 5.97 Å². The number of hydrogen-bond acceptors (Lipinski definition) is 6. The number of thioether (sulfide) groups is 1. The van der Waals surface area contributed by atoms with Crippen molar-refractivity contribution in [2.24, 2.45) is 17.8 Å². The largest absolute Gasteiger partial charge is 0.495 e. The zero-order valence-electron chi connectivity index (χ0n) is 20.9. The molecule has 9 heteroatoms. The minimum atomic E-state index is -0.248. The zero-order chi connectivity index (χ0) is 25.8. The fraction of sp³-hybridized carbons (Fsp3) is 0.444. The molecule has 3 atom stereocenters. The number of hydrogen-bond donors (Lipinski definition) is 0. The fourth-order valence-corrected chi connectivity index (χ4v) is 5.89. The van der Waals surface area contributed by atoms with Crippen LogP contribution in [0.3, 0.4) is 0 Å². The van der Waals surface area contributed by atoms with Crippen molar-refractivity contribution in [3.63, 3.8) is 0 Å². The molecule has 0 amide bonds. The summed E-state index contributed by atoms with van der Waals surface area (Å²) in [6.07, 6.45) is 3.14. The highest BCUT2D eigenvalue weighted by molar-refractivity contribution is 7.99. The molecule has 4 rings (SSSR count). The van der Waals surface area contributed by atoms with E-state index in [9.17, 15) is 4.79 Å². The van der Waals surface area contributed by atoms with E-state index in [0.29, 0.717) is 50.2 Å². The molecule has 0 unspecified atom stereocenters. The van der Waals surface area contributed by atoms with Crippen molar-refractivity contribution in [3.8, 4) is 22.8 Å². The smallest absolute Gasteiger partial charge is 0.316 e. The van der Waals surface area contributed by atoms with Gasteiger partial charge in [0.1, 0.15) is 11.9 Å². The molecule has 1 aliphatic carbocycles. The molecule has 1 heterocycles. The lowest BCUT2D eigenvalue weighted by molar-refractivity contribution is -0.152. The molecule has 36 heavy (non-hydrogen) atoms. The summed E-state index contributed by atoms with van der Waals surface area (Å²) in [5.74, 6) is 2.46. The summed E-state index contributed by atoms with van der Waals surface area (Å²) in [5.41, 5.74) is 1.45. The summed E-state index contributed by atoms with van der Waals surface area (Å²) in [6, 6.07) is 12.7. The SMILES string of the molecule is COc1ccc(Cl)cc1-n1c(SCC(=O)O[C@H]2C[C@H](C)CC[C@@H]2C(C)C)nnc1-c1cccc(Cl)c1. The second-order valence-corrected chi connectivity index (χ2v) is 11.4. The van der Waals surface area contributed by atoms with Gasteiger partial charge in [0.2, 0.25) is 0 Å². The molecule has 0 spiro atoms. The third kappa shape index (κ3) is 6.18. The van der Waals surface area contributed by atoms with E-state index in [-0.39, 0.29) is 17.8 Å². The van der Waals surface area contributed by atoms with Crippen molar-refractivity contribution >= 4 is 40.9 Å². The van der Waals surface area contributed by atoms with Crippen LogP contribution in [0.25, 0.3) is 17.1 Å². The molecule has 1 fully saturated rings. The molecule has 0 saturated heterocycles. The van der Waals surface area contributed by atoms with Gasteiger partial charge in [-0.3, -0.25) is 9.36 Å². The molecule has 2 aromatic carbocycles. The summed E-state index contributed by atoms with van der Waals surface area (Å²) in [5, 5.41) is 10.5. The number of halogens is 2. The second-order valence-electron chi connectivity index (χ2n) is 9.61. The first-order valence-corrected chi connectivity index (χ1v) is 13.9. The average molecular weight is 549 g/mol. The van der Waals surface area contributed by atoms with Gasteiger partial charge in [-0.25, -0.2) is 0 Å². The average Bonchev–Trinajstić information content (AvgIpc) is 3.26. The highest BCUT2D eigenvalue weighted by Crippen LogP contribution is 2.37. The Morgan fingerprint density at radius 3 is 2.64 bits per heavy atom. The maximum absolute atomic E-state index is 12.9. The van der Waals surface area contributed by atoms with Crippen LogP contribution in [-0.4, -0.2) is 39.7 Å². The third-order valence-corrected chi connectivity index (χ3v) is 8.03. The van der Waals surface area contributed by atoms with Crippen LogP contribution in [0.5, 0.6) is 5.75 Å². The number of nitrogens with zero attached hydrogens (tertiary/aromatic N) is 3. The van der Waals surface area contributed by atoms with Gasteiger partial charge in [0, 0.05) is 15.6 Å². The Morgan fingerprint density at radius 2 is 1.92 bits per heavy atom. The molecule has 1 aliphatic rings. The van der Waals surface area contributed by atoms with E-state index < -0.39 is 0 Å². The Kier molecular flexibility index (Phi) is 8.86. The second kappa shape index (κ2) is 11.9. The van der Waals surface area contributed by atoms with Crippen LogP contribution >= 0.6 is 35.0 Å². The Balaban J connectivity index is 1.61. The van der Waals surface area contributed by atoms with E-state index in [1.165, 1.54) is 18.2 Å². The van der Waals surface area contributed by atoms with Crippen LogP contribution in [0.15, 0.2) is 47.6 Å². The Bertz CT molecular complexity index is 1220. The summed E-state index contributed by atoms with van der Waals surface area (Å²) in [4.78, 5) is 12.9. The van der Waals surface area contributed by atoms with Crippen LogP contribution in [0.2, 0.25) is 10.0 Å². The van der Waals surface area contributed by atoms with Crippen LogP contribution in [0.4, 0.5) is 0 Å². The lowest BCUT2D eigenvalue weighted by atomic mass is 9.75. The number of ether oxygens (including phenoxy) is 2. The van der Waals surface area contributed by atoms with Crippen molar-refractivity contribution in [1.82, 2.24) is 14.8 Å². The van der Waals surface area contributed by atoms with Crippen LogP contribution in [-0.2, 0) is 9.53 Å². The topological polar surface area (TPSA) is 66.2 Å². The van der Waals surface area contributed by atoms with Gasteiger partial charge in [-0.1, -0.05) is 74.3 Å². The molecule has 0 radical (unpaired) electrons. The monoisotopic (exact) mass is 547 g/mol. The lowest BCUT2D eigenvalue weighted by Gasteiger charge is -2.36. The van der Waals surface area contributed by atoms with Crippen molar-refractivity contribution in [1.29, 1.82) is 0 Å². The number of esters is 1. The number of aromatic nitrogens is 3. The molecular weight excluding hydrogens is 517 g/mol. The molecule has 192 valence electrons. The quantitative estimate of drug-likeness (QED) is 0.217. The van der Waals surface area contributed by atoms with Crippen LogP contribution in [0.1, 0.15) is 40.0 Å². The Morgan fingerprint density at radius 1 is 1.14 bits per heavy atom. The molecule has 1 saturated carbocycles. The molecule has 1 aromatic heterocycles. The molecule has 0 bridgehead atoms. The summed E-state index contributed by atoms with van der Waals surface area (Å²) in [7, 11) is 1.59. The molecule has 3 aromatic rings.